The third-order valence-electron chi connectivity index (χ3n) is 4.40. The molecule has 0 aromatic heterocycles. The lowest BCUT2D eigenvalue weighted by Gasteiger charge is -2.28. The maximum atomic E-state index is 12.3. The van der Waals surface area contributed by atoms with E-state index in [1.54, 1.807) is 45.0 Å². The number of anilines is 1. The number of nitrogens with one attached hydrogen (secondary N) is 2. The van der Waals surface area contributed by atoms with Gasteiger partial charge in [-0.05, 0) is 57.9 Å². The zero-order valence-corrected chi connectivity index (χ0v) is 16.2. The number of hydrogen-bond donors (Lipinski definition) is 2. The second-order valence-corrected chi connectivity index (χ2v) is 7.05. The molecule has 1 aliphatic rings. The SMILES string of the molecule is CCOC(=O)[C@@H]1CCC[NH+](CC(=O)Nc2ccc(C(=O)OC(C)C)cc2)C1. The fourth-order valence-electron chi connectivity index (χ4n) is 3.18. The van der Waals surface area contributed by atoms with Gasteiger partial charge < -0.3 is 19.7 Å². The van der Waals surface area contributed by atoms with Crippen molar-refractivity contribution < 1.29 is 28.8 Å². The van der Waals surface area contributed by atoms with Crippen molar-refractivity contribution in [1.29, 1.82) is 0 Å². The van der Waals surface area contributed by atoms with Gasteiger partial charge in [0.25, 0.3) is 5.91 Å². The van der Waals surface area contributed by atoms with Crippen LogP contribution in [-0.2, 0) is 19.1 Å². The van der Waals surface area contributed by atoms with E-state index in [9.17, 15) is 14.4 Å². The van der Waals surface area contributed by atoms with E-state index >= 15 is 0 Å². The van der Waals surface area contributed by atoms with Crippen molar-refractivity contribution >= 4 is 23.5 Å². The van der Waals surface area contributed by atoms with Crippen LogP contribution in [0.1, 0.15) is 44.0 Å². The Kier molecular flexibility index (Phi) is 7.79. The Bertz CT molecular complexity index is 657. The minimum Gasteiger partial charge on any atom is -0.466 e. The van der Waals surface area contributed by atoms with Crippen molar-refractivity contribution in [2.75, 3.05) is 31.6 Å². The first kappa shape index (κ1) is 20.9. The molecule has 2 rings (SSSR count). The zero-order valence-electron chi connectivity index (χ0n) is 16.2. The molecule has 7 heteroatoms. The first-order valence-electron chi connectivity index (χ1n) is 9.50. The molecule has 1 fully saturated rings. The maximum absolute atomic E-state index is 12.3. The van der Waals surface area contributed by atoms with E-state index in [0.717, 1.165) is 24.3 Å². The predicted octanol–water partition coefficient (Wildman–Crippen LogP) is 1.05. The normalized spacial score (nSPS) is 19.4. The standard InChI is InChI=1S/C20H28N2O5/c1-4-26-19(24)16-6-5-11-22(12-16)13-18(23)21-17-9-7-15(8-10-17)20(25)27-14(2)3/h7-10,14,16H,4-6,11-13H2,1-3H3,(H,21,23)/p+1/t16-/m1/s1. The monoisotopic (exact) mass is 377 g/mol. The van der Waals surface area contributed by atoms with Gasteiger partial charge in [0.1, 0.15) is 5.92 Å². The molecule has 0 saturated carbocycles. The van der Waals surface area contributed by atoms with Crippen LogP contribution in [0.15, 0.2) is 24.3 Å². The van der Waals surface area contributed by atoms with Gasteiger partial charge in [0.2, 0.25) is 0 Å². The van der Waals surface area contributed by atoms with Gasteiger partial charge in [-0.3, -0.25) is 9.59 Å². The lowest BCUT2D eigenvalue weighted by atomic mass is 9.98. The van der Waals surface area contributed by atoms with Crippen LogP contribution in [-0.4, -0.2) is 50.2 Å². The molecule has 27 heavy (non-hydrogen) atoms. The topological polar surface area (TPSA) is 86.1 Å². The fraction of sp³-hybridized carbons (Fsp3) is 0.550. The first-order valence-corrected chi connectivity index (χ1v) is 9.50. The Morgan fingerprint density at radius 2 is 1.93 bits per heavy atom. The zero-order chi connectivity index (χ0) is 19.8. The summed E-state index contributed by atoms with van der Waals surface area (Å²) in [4.78, 5) is 37.1. The minimum atomic E-state index is -0.384. The van der Waals surface area contributed by atoms with Crippen LogP contribution in [0.25, 0.3) is 0 Å². The van der Waals surface area contributed by atoms with Crippen molar-refractivity contribution in [1.82, 2.24) is 0 Å². The van der Waals surface area contributed by atoms with Crippen LogP contribution in [0, 0.1) is 5.92 Å². The summed E-state index contributed by atoms with van der Waals surface area (Å²) >= 11 is 0. The molecule has 0 aliphatic carbocycles. The summed E-state index contributed by atoms with van der Waals surface area (Å²) in [5, 5.41) is 2.84. The Balaban J connectivity index is 1.84. The molecule has 1 aromatic carbocycles. The number of likely N-dealkylation sites (tertiary alicyclic amines) is 1. The fourth-order valence-corrected chi connectivity index (χ4v) is 3.18. The van der Waals surface area contributed by atoms with Gasteiger partial charge in [0.15, 0.2) is 6.54 Å². The highest BCUT2D eigenvalue weighted by molar-refractivity contribution is 5.93. The molecule has 1 saturated heterocycles. The van der Waals surface area contributed by atoms with E-state index in [0.29, 0.717) is 30.9 Å². The van der Waals surface area contributed by atoms with Crippen molar-refractivity contribution in [2.24, 2.45) is 5.92 Å². The van der Waals surface area contributed by atoms with E-state index in [2.05, 4.69) is 5.32 Å². The second kappa shape index (κ2) is 10.1. The molecule has 1 heterocycles. The molecule has 0 bridgehead atoms. The number of hydrogen-bond acceptors (Lipinski definition) is 5. The van der Waals surface area contributed by atoms with Gasteiger partial charge >= 0.3 is 11.9 Å². The number of benzene rings is 1. The lowest BCUT2D eigenvalue weighted by Crippen LogP contribution is -3.14. The van der Waals surface area contributed by atoms with Gasteiger partial charge in [-0.15, -0.1) is 0 Å². The smallest absolute Gasteiger partial charge is 0.338 e. The highest BCUT2D eigenvalue weighted by atomic mass is 16.5. The van der Waals surface area contributed by atoms with Crippen molar-refractivity contribution in [3.8, 4) is 0 Å². The summed E-state index contributed by atoms with van der Waals surface area (Å²) in [5.41, 5.74) is 1.07. The molecule has 2 atom stereocenters. The number of piperidine rings is 1. The molecular formula is C20H29N2O5+. The van der Waals surface area contributed by atoms with Gasteiger partial charge in [-0.25, -0.2) is 4.79 Å². The van der Waals surface area contributed by atoms with Crippen molar-refractivity contribution in [3.63, 3.8) is 0 Å². The minimum absolute atomic E-state index is 0.119. The largest absolute Gasteiger partial charge is 0.466 e. The number of carbonyl (C=O) groups is 3. The van der Waals surface area contributed by atoms with E-state index < -0.39 is 0 Å². The third-order valence-corrected chi connectivity index (χ3v) is 4.40. The van der Waals surface area contributed by atoms with Crippen LogP contribution in [0.2, 0.25) is 0 Å². The quantitative estimate of drug-likeness (QED) is 0.694. The van der Waals surface area contributed by atoms with Gasteiger partial charge in [0, 0.05) is 5.69 Å². The van der Waals surface area contributed by atoms with E-state index in [1.165, 1.54) is 0 Å². The Hall–Kier alpha value is -2.41. The summed E-state index contributed by atoms with van der Waals surface area (Å²) in [6.07, 6.45) is 1.54. The third kappa shape index (κ3) is 6.67. The molecule has 148 valence electrons. The maximum Gasteiger partial charge on any atom is 0.338 e. The molecular weight excluding hydrogens is 348 g/mol. The average molecular weight is 377 g/mol. The lowest BCUT2D eigenvalue weighted by molar-refractivity contribution is -0.899. The van der Waals surface area contributed by atoms with Crippen molar-refractivity contribution in [2.45, 2.75) is 39.7 Å². The first-order chi connectivity index (χ1) is 12.9. The van der Waals surface area contributed by atoms with Crippen LogP contribution in [0.4, 0.5) is 5.69 Å². The number of esters is 2. The molecule has 2 N–H and O–H groups in total. The molecule has 7 nitrogen and oxygen atoms in total. The molecule has 0 spiro atoms. The molecule has 1 amide bonds. The van der Waals surface area contributed by atoms with Crippen LogP contribution >= 0.6 is 0 Å². The van der Waals surface area contributed by atoms with E-state index in [-0.39, 0.29) is 29.9 Å². The van der Waals surface area contributed by atoms with Crippen molar-refractivity contribution in [3.05, 3.63) is 29.8 Å². The molecule has 1 aliphatic heterocycles. The van der Waals surface area contributed by atoms with Gasteiger partial charge in [-0.2, -0.15) is 0 Å². The summed E-state index contributed by atoms with van der Waals surface area (Å²) in [6, 6.07) is 6.62. The van der Waals surface area contributed by atoms with E-state index in [1.807, 2.05) is 0 Å². The summed E-state index contributed by atoms with van der Waals surface area (Å²) in [6.45, 7) is 7.55. The van der Waals surface area contributed by atoms with E-state index in [4.69, 9.17) is 9.47 Å². The number of quaternary nitrogens is 1. The van der Waals surface area contributed by atoms with Crippen LogP contribution in [0.3, 0.4) is 0 Å². The predicted molar refractivity (Wildman–Crippen MR) is 101 cm³/mol. The average Bonchev–Trinajstić information content (AvgIpc) is 2.62. The number of rotatable bonds is 7. The van der Waals surface area contributed by atoms with Gasteiger partial charge in [0.05, 0.1) is 31.4 Å². The highest BCUT2D eigenvalue weighted by Gasteiger charge is 2.30. The number of ether oxygens (including phenoxy) is 2. The summed E-state index contributed by atoms with van der Waals surface area (Å²) < 4.78 is 10.2. The summed E-state index contributed by atoms with van der Waals surface area (Å²) in [7, 11) is 0. The molecule has 0 radical (unpaired) electrons. The number of amides is 1. The van der Waals surface area contributed by atoms with Crippen LogP contribution < -0.4 is 10.2 Å². The highest BCUT2D eigenvalue weighted by Crippen LogP contribution is 2.12. The Labute approximate surface area is 160 Å². The Morgan fingerprint density at radius 3 is 2.56 bits per heavy atom. The molecule has 1 aromatic rings. The molecule has 1 unspecified atom stereocenters. The number of carbonyl (C=O) groups excluding carboxylic acids is 3. The van der Waals surface area contributed by atoms with Gasteiger partial charge in [-0.1, -0.05) is 0 Å². The Morgan fingerprint density at radius 1 is 1.22 bits per heavy atom. The van der Waals surface area contributed by atoms with Crippen LogP contribution in [0.5, 0.6) is 0 Å². The second-order valence-electron chi connectivity index (χ2n) is 7.05. The summed E-state index contributed by atoms with van der Waals surface area (Å²) in [5.74, 6) is -0.801.